The van der Waals surface area contributed by atoms with Gasteiger partial charge in [-0.3, -0.25) is 9.89 Å². The summed E-state index contributed by atoms with van der Waals surface area (Å²) in [6.45, 7) is 0. The maximum Gasteiger partial charge on any atom is 0.416 e. The van der Waals surface area contributed by atoms with E-state index in [0.717, 1.165) is 16.8 Å². The van der Waals surface area contributed by atoms with Gasteiger partial charge in [-0.2, -0.15) is 13.2 Å². The van der Waals surface area contributed by atoms with E-state index in [4.69, 9.17) is 23.2 Å². The molecule has 2 aromatic rings. The highest BCUT2D eigenvalue weighted by Crippen LogP contribution is 2.36. The molecular weight excluding hydrogens is 292 g/mol. The van der Waals surface area contributed by atoms with E-state index in [-0.39, 0.29) is 15.7 Å². The van der Waals surface area contributed by atoms with Crippen molar-refractivity contribution >= 4 is 23.2 Å². The van der Waals surface area contributed by atoms with E-state index in [1.165, 1.54) is 12.3 Å². The fourth-order valence-electron chi connectivity index (χ4n) is 1.44. The summed E-state index contributed by atoms with van der Waals surface area (Å²) in [5.74, 6) is 0. The van der Waals surface area contributed by atoms with Crippen molar-refractivity contribution in [2.75, 3.05) is 0 Å². The number of alkyl halides is 3. The molecule has 2 rings (SSSR count). The third-order valence-electron chi connectivity index (χ3n) is 2.22. The van der Waals surface area contributed by atoms with Gasteiger partial charge >= 0.3 is 6.18 Å². The van der Waals surface area contributed by atoms with Crippen LogP contribution in [0.3, 0.4) is 0 Å². The van der Waals surface area contributed by atoms with Gasteiger partial charge in [-0.15, -0.1) is 0 Å². The Bertz CT molecular complexity index is 622. The van der Waals surface area contributed by atoms with Gasteiger partial charge in [0.05, 0.1) is 15.6 Å². The van der Waals surface area contributed by atoms with E-state index in [9.17, 15) is 18.0 Å². The average Bonchev–Trinajstić information content (AvgIpc) is 2.62. The molecule has 0 atom stereocenters. The van der Waals surface area contributed by atoms with E-state index in [1.807, 2.05) is 0 Å². The van der Waals surface area contributed by atoms with Crippen molar-refractivity contribution in [3.05, 3.63) is 50.4 Å². The largest absolute Gasteiger partial charge is 0.416 e. The topological polar surface area (TPSA) is 37.8 Å². The lowest BCUT2D eigenvalue weighted by atomic mass is 10.2. The highest BCUT2D eigenvalue weighted by Gasteiger charge is 2.32. The molecule has 0 unspecified atom stereocenters. The standard InChI is InChI=1S/C10H5Cl2F3N2O/c11-6-3-5(10(13,14)15)4-7(12)9(6)17-8(18)1-2-16-17/h1-4,16H. The molecule has 0 aliphatic heterocycles. The summed E-state index contributed by atoms with van der Waals surface area (Å²) in [4.78, 5) is 11.4. The highest BCUT2D eigenvalue weighted by molar-refractivity contribution is 6.37. The van der Waals surface area contributed by atoms with Crippen molar-refractivity contribution in [1.29, 1.82) is 0 Å². The first-order chi connectivity index (χ1) is 8.30. The van der Waals surface area contributed by atoms with Crippen molar-refractivity contribution in [2.45, 2.75) is 6.18 Å². The predicted octanol–water partition coefficient (Wildman–Crippen LogP) is 3.49. The Morgan fingerprint density at radius 2 is 1.72 bits per heavy atom. The molecule has 1 N–H and O–H groups in total. The Labute approximate surface area is 109 Å². The van der Waals surface area contributed by atoms with Crippen LogP contribution in [0.2, 0.25) is 10.0 Å². The van der Waals surface area contributed by atoms with Gasteiger partial charge in [0, 0.05) is 12.3 Å². The second kappa shape index (κ2) is 4.37. The van der Waals surface area contributed by atoms with Gasteiger partial charge in [0.25, 0.3) is 5.56 Å². The first kappa shape index (κ1) is 13.0. The quantitative estimate of drug-likeness (QED) is 0.859. The van der Waals surface area contributed by atoms with E-state index in [1.54, 1.807) is 0 Å². The van der Waals surface area contributed by atoms with E-state index in [0.29, 0.717) is 0 Å². The fraction of sp³-hybridized carbons (Fsp3) is 0.100. The van der Waals surface area contributed by atoms with Crippen molar-refractivity contribution in [2.24, 2.45) is 0 Å². The van der Waals surface area contributed by atoms with Gasteiger partial charge in [-0.25, -0.2) is 4.68 Å². The number of hydrogen-bond acceptors (Lipinski definition) is 1. The van der Waals surface area contributed by atoms with Gasteiger partial charge < -0.3 is 0 Å². The number of nitrogens with zero attached hydrogens (tertiary/aromatic N) is 1. The third-order valence-corrected chi connectivity index (χ3v) is 2.79. The second-order valence-corrected chi connectivity index (χ2v) is 4.24. The van der Waals surface area contributed by atoms with Crippen molar-refractivity contribution in [3.8, 4) is 5.69 Å². The molecule has 96 valence electrons. The van der Waals surface area contributed by atoms with Crippen LogP contribution in [0.15, 0.2) is 29.2 Å². The molecule has 0 aliphatic carbocycles. The van der Waals surface area contributed by atoms with Crippen LogP contribution < -0.4 is 5.56 Å². The minimum Gasteiger partial charge on any atom is -0.298 e. The molecule has 0 saturated carbocycles. The summed E-state index contributed by atoms with van der Waals surface area (Å²) in [7, 11) is 0. The zero-order valence-electron chi connectivity index (χ0n) is 8.55. The molecule has 8 heteroatoms. The summed E-state index contributed by atoms with van der Waals surface area (Å²) < 4.78 is 38.5. The zero-order valence-corrected chi connectivity index (χ0v) is 10.1. The van der Waals surface area contributed by atoms with Crippen LogP contribution >= 0.6 is 23.2 Å². The molecule has 3 nitrogen and oxygen atoms in total. The number of nitrogens with one attached hydrogen (secondary N) is 1. The van der Waals surface area contributed by atoms with Crippen LogP contribution in [0.25, 0.3) is 5.69 Å². The molecule has 0 bridgehead atoms. The van der Waals surface area contributed by atoms with Crippen molar-refractivity contribution in [1.82, 2.24) is 9.78 Å². The van der Waals surface area contributed by atoms with Crippen LogP contribution in [-0.2, 0) is 6.18 Å². The minimum absolute atomic E-state index is 0.0127. The minimum atomic E-state index is -4.55. The smallest absolute Gasteiger partial charge is 0.298 e. The summed E-state index contributed by atoms with van der Waals surface area (Å²) in [6, 6.07) is 2.64. The SMILES string of the molecule is O=c1cc[nH]n1-c1c(Cl)cc(C(F)(F)F)cc1Cl. The molecule has 0 amide bonds. The summed E-state index contributed by atoms with van der Waals surface area (Å²) in [5.41, 5.74) is -1.46. The highest BCUT2D eigenvalue weighted by atomic mass is 35.5. The number of benzene rings is 1. The van der Waals surface area contributed by atoms with Crippen LogP contribution in [0.5, 0.6) is 0 Å². The average molecular weight is 297 g/mol. The Balaban J connectivity index is 2.66. The van der Waals surface area contributed by atoms with Crippen LogP contribution in [0.4, 0.5) is 13.2 Å². The first-order valence-electron chi connectivity index (χ1n) is 4.64. The number of rotatable bonds is 1. The Morgan fingerprint density at radius 3 is 2.11 bits per heavy atom. The van der Waals surface area contributed by atoms with Gasteiger partial charge in [0.2, 0.25) is 0 Å². The molecule has 0 aliphatic rings. The van der Waals surface area contributed by atoms with Gasteiger partial charge in [0.15, 0.2) is 0 Å². The van der Waals surface area contributed by atoms with Crippen LogP contribution in [-0.4, -0.2) is 9.78 Å². The maximum atomic E-state index is 12.5. The molecule has 1 aromatic heterocycles. The van der Waals surface area contributed by atoms with Crippen molar-refractivity contribution in [3.63, 3.8) is 0 Å². The number of H-pyrrole nitrogens is 1. The van der Waals surface area contributed by atoms with Gasteiger partial charge in [-0.05, 0) is 12.1 Å². The monoisotopic (exact) mass is 296 g/mol. The molecule has 1 heterocycles. The fourth-order valence-corrected chi connectivity index (χ4v) is 2.09. The third kappa shape index (κ3) is 2.26. The molecule has 0 saturated heterocycles. The molecule has 0 spiro atoms. The summed E-state index contributed by atoms with van der Waals surface area (Å²) >= 11 is 11.5. The Hall–Kier alpha value is -1.40. The normalized spacial score (nSPS) is 11.8. The predicted molar refractivity (Wildman–Crippen MR) is 61.4 cm³/mol. The number of aromatic amines is 1. The molecule has 1 aromatic carbocycles. The lowest BCUT2D eigenvalue weighted by Crippen LogP contribution is -2.15. The summed E-state index contributed by atoms with van der Waals surface area (Å²) in [5, 5.41) is 1.99. The molecular formula is C10H5Cl2F3N2O. The molecule has 0 fully saturated rings. The lowest BCUT2D eigenvalue weighted by Gasteiger charge is -2.12. The number of hydrogen-bond donors (Lipinski definition) is 1. The molecule has 18 heavy (non-hydrogen) atoms. The number of halogens is 5. The van der Waals surface area contributed by atoms with Gasteiger partial charge in [-0.1, -0.05) is 23.2 Å². The van der Waals surface area contributed by atoms with Crippen LogP contribution in [0, 0.1) is 0 Å². The van der Waals surface area contributed by atoms with E-state index < -0.39 is 17.3 Å². The first-order valence-corrected chi connectivity index (χ1v) is 5.39. The Kier molecular flexibility index (Phi) is 3.16. The Morgan fingerprint density at radius 1 is 1.17 bits per heavy atom. The van der Waals surface area contributed by atoms with E-state index >= 15 is 0 Å². The lowest BCUT2D eigenvalue weighted by molar-refractivity contribution is -0.137. The van der Waals surface area contributed by atoms with Crippen LogP contribution in [0.1, 0.15) is 5.56 Å². The number of aromatic nitrogens is 2. The van der Waals surface area contributed by atoms with E-state index in [2.05, 4.69) is 5.10 Å². The van der Waals surface area contributed by atoms with Gasteiger partial charge in [0.1, 0.15) is 5.69 Å². The molecule has 0 radical (unpaired) electrons. The van der Waals surface area contributed by atoms with Crippen molar-refractivity contribution < 1.29 is 13.2 Å². The zero-order chi connectivity index (χ0) is 13.5. The maximum absolute atomic E-state index is 12.5. The summed E-state index contributed by atoms with van der Waals surface area (Å²) in [6.07, 6.45) is -3.22. The second-order valence-electron chi connectivity index (χ2n) is 3.42.